The first-order valence-electron chi connectivity index (χ1n) is 8.63. The number of aryl methyl sites for hydroxylation is 1. The monoisotopic (exact) mass is 356 g/mol. The summed E-state index contributed by atoms with van der Waals surface area (Å²) in [5.74, 6) is 0.808. The van der Waals surface area contributed by atoms with Crippen LogP contribution in [0.3, 0.4) is 0 Å². The van der Waals surface area contributed by atoms with Crippen LogP contribution in [0.5, 0.6) is 0 Å². The van der Waals surface area contributed by atoms with Crippen molar-refractivity contribution in [2.75, 3.05) is 48.3 Å². The average Bonchev–Trinajstić information content (AvgIpc) is 3.03. The number of nitrogens with one attached hydrogen (secondary N) is 2. The van der Waals surface area contributed by atoms with E-state index in [2.05, 4.69) is 25.4 Å². The Morgan fingerprint density at radius 3 is 2.19 bits per heavy atom. The third-order valence-electron chi connectivity index (χ3n) is 4.31. The van der Waals surface area contributed by atoms with Gasteiger partial charge < -0.3 is 20.1 Å². The van der Waals surface area contributed by atoms with Gasteiger partial charge in [-0.25, -0.2) is 4.98 Å². The van der Waals surface area contributed by atoms with Crippen LogP contribution >= 0.6 is 0 Å². The molecule has 8 nitrogen and oxygen atoms in total. The molecular formula is C18H24N6O2. The third-order valence-corrected chi connectivity index (χ3v) is 4.31. The number of imidazole rings is 1. The quantitative estimate of drug-likeness (QED) is 0.840. The molecule has 1 aromatic heterocycles. The predicted molar refractivity (Wildman–Crippen MR) is 101 cm³/mol. The van der Waals surface area contributed by atoms with E-state index in [9.17, 15) is 9.59 Å². The van der Waals surface area contributed by atoms with Gasteiger partial charge in [-0.2, -0.15) is 0 Å². The highest BCUT2D eigenvalue weighted by molar-refractivity contribution is 5.93. The second-order valence-corrected chi connectivity index (χ2v) is 6.41. The van der Waals surface area contributed by atoms with Gasteiger partial charge in [0.15, 0.2) is 0 Å². The van der Waals surface area contributed by atoms with Gasteiger partial charge in [-0.05, 0) is 24.3 Å². The van der Waals surface area contributed by atoms with Crippen molar-refractivity contribution in [1.82, 2.24) is 14.5 Å². The number of hydrogen-bond donors (Lipinski definition) is 2. The molecule has 8 heteroatoms. The maximum atomic E-state index is 12.3. The van der Waals surface area contributed by atoms with Crippen molar-refractivity contribution in [2.45, 2.75) is 6.92 Å². The Morgan fingerprint density at radius 2 is 1.65 bits per heavy atom. The lowest BCUT2D eigenvalue weighted by Gasteiger charge is -2.34. The fraction of sp³-hybridized carbons (Fsp3) is 0.389. The number of amides is 2. The molecular weight excluding hydrogens is 332 g/mol. The highest BCUT2D eigenvalue weighted by Crippen LogP contribution is 2.15. The molecule has 2 amide bonds. The fourth-order valence-electron chi connectivity index (χ4n) is 3.01. The Kier molecular flexibility index (Phi) is 5.52. The first kappa shape index (κ1) is 17.9. The summed E-state index contributed by atoms with van der Waals surface area (Å²) < 4.78 is 2.01. The van der Waals surface area contributed by atoms with Gasteiger partial charge in [-0.15, -0.1) is 0 Å². The molecule has 0 radical (unpaired) electrons. The second kappa shape index (κ2) is 8.01. The van der Waals surface area contributed by atoms with Gasteiger partial charge in [0, 0.05) is 63.9 Å². The molecule has 0 bridgehead atoms. The molecule has 0 spiro atoms. The lowest BCUT2D eigenvalue weighted by atomic mass is 10.2. The van der Waals surface area contributed by atoms with E-state index in [1.165, 1.54) is 6.92 Å². The van der Waals surface area contributed by atoms with E-state index in [-0.39, 0.29) is 11.8 Å². The lowest BCUT2D eigenvalue weighted by molar-refractivity contribution is -0.117. The Hall–Kier alpha value is -2.87. The normalized spacial score (nSPS) is 14.9. The van der Waals surface area contributed by atoms with Gasteiger partial charge in [0.05, 0.1) is 6.54 Å². The van der Waals surface area contributed by atoms with E-state index < -0.39 is 0 Å². The standard InChI is InChI=1S/C18H24N6O2/c1-14(25)20-15-3-5-16(6-4-15)21-17(26)13-23-9-11-24(12-10-23)18-19-7-8-22(18)2/h3-8H,9-13H2,1-2H3,(H,20,25)(H,21,26). The smallest absolute Gasteiger partial charge is 0.238 e. The number of piperazine rings is 1. The summed E-state index contributed by atoms with van der Waals surface area (Å²) in [5.41, 5.74) is 1.43. The number of aromatic nitrogens is 2. The molecule has 1 fully saturated rings. The largest absolute Gasteiger partial charge is 0.340 e. The molecule has 3 rings (SSSR count). The van der Waals surface area contributed by atoms with E-state index in [1.807, 2.05) is 17.8 Å². The van der Waals surface area contributed by atoms with E-state index in [0.717, 1.165) is 37.8 Å². The van der Waals surface area contributed by atoms with E-state index >= 15 is 0 Å². The van der Waals surface area contributed by atoms with Crippen LogP contribution < -0.4 is 15.5 Å². The molecule has 1 aliphatic heterocycles. The van der Waals surface area contributed by atoms with Gasteiger partial charge in [0.1, 0.15) is 0 Å². The van der Waals surface area contributed by atoms with Crippen molar-refractivity contribution >= 4 is 29.1 Å². The molecule has 1 aliphatic rings. The molecule has 0 atom stereocenters. The van der Waals surface area contributed by atoms with Crippen LogP contribution in [0.2, 0.25) is 0 Å². The fourth-order valence-corrected chi connectivity index (χ4v) is 3.01. The van der Waals surface area contributed by atoms with Crippen LogP contribution in [0.15, 0.2) is 36.7 Å². The molecule has 2 N–H and O–H groups in total. The maximum Gasteiger partial charge on any atom is 0.238 e. The number of benzene rings is 1. The van der Waals surface area contributed by atoms with Gasteiger partial charge in [-0.1, -0.05) is 0 Å². The molecule has 1 aromatic carbocycles. The Morgan fingerprint density at radius 1 is 1.04 bits per heavy atom. The predicted octanol–water partition coefficient (Wildman–Crippen LogP) is 1.14. The Balaban J connectivity index is 1.45. The first-order valence-corrected chi connectivity index (χ1v) is 8.63. The minimum absolute atomic E-state index is 0.0391. The Labute approximate surface area is 152 Å². The summed E-state index contributed by atoms with van der Waals surface area (Å²) in [6.07, 6.45) is 3.73. The zero-order valence-corrected chi connectivity index (χ0v) is 15.1. The number of carbonyl (C=O) groups is 2. The van der Waals surface area contributed by atoms with Crippen molar-refractivity contribution < 1.29 is 9.59 Å². The first-order chi connectivity index (χ1) is 12.5. The molecule has 0 saturated carbocycles. The topological polar surface area (TPSA) is 82.5 Å². The molecule has 2 heterocycles. The van der Waals surface area contributed by atoms with E-state index in [0.29, 0.717) is 12.2 Å². The van der Waals surface area contributed by atoms with Crippen molar-refractivity contribution in [2.24, 2.45) is 7.05 Å². The van der Waals surface area contributed by atoms with E-state index in [1.54, 1.807) is 30.5 Å². The summed E-state index contributed by atoms with van der Waals surface area (Å²) in [6.45, 7) is 5.17. The van der Waals surface area contributed by atoms with E-state index in [4.69, 9.17) is 0 Å². The zero-order chi connectivity index (χ0) is 18.5. The van der Waals surface area contributed by atoms with Crippen LogP contribution in [-0.2, 0) is 16.6 Å². The molecule has 0 unspecified atom stereocenters. The number of hydrogen-bond acceptors (Lipinski definition) is 5. The third kappa shape index (κ3) is 4.60. The molecule has 1 saturated heterocycles. The van der Waals surface area contributed by atoms with Crippen molar-refractivity contribution in [3.8, 4) is 0 Å². The summed E-state index contributed by atoms with van der Waals surface area (Å²) in [4.78, 5) is 32.0. The van der Waals surface area contributed by atoms with Crippen molar-refractivity contribution in [3.05, 3.63) is 36.7 Å². The van der Waals surface area contributed by atoms with Gasteiger partial charge >= 0.3 is 0 Å². The molecule has 138 valence electrons. The van der Waals surface area contributed by atoms with Crippen molar-refractivity contribution in [3.63, 3.8) is 0 Å². The summed E-state index contributed by atoms with van der Waals surface area (Å²) in [6, 6.07) is 7.09. The van der Waals surface area contributed by atoms with Gasteiger partial charge in [0.25, 0.3) is 0 Å². The zero-order valence-electron chi connectivity index (χ0n) is 15.1. The average molecular weight is 356 g/mol. The summed E-state index contributed by atoms with van der Waals surface area (Å²) >= 11 is 0. The second-order valence-electron chi connectivity index (χ2n) is 6.41. The minimum Gasteiger partial charge on any atom is -0.340 e. The maximum absolute atomic E-state index is 12.3. The molecule has 2 aromatic rings. The number of nitrogens with zero attached hydrogens (tertiary/aromatic N) is 4. The number of rotatable bonds is 5. The number of anilines is 3. The summed E-state index contributed by atoms with van der Waals surface area (Å²) in [7, 11) is 1.99. The van der Waals surface area contributed by atoms with Crippen LogP contribution in [0.4, 0.5) is 17.3 Å². The van der Waals surface area contributed by atoms with Crippen LogP contribution in [0.25, 0.3) is 0 Å². The van der Waals surface area contributed by atoms with Crippen LogP contribution in [-0.4, -0.2) is 59.0 Å². The lowest BCUT2D eigenvalue weighted by Crippen LogP contribution is -2.49. The Bertz CT molecular complexity index is 762. The summed E-state index contributed by atoms with van der Waals surface area (Å²) in [5, 5.41) is 5.59. The number of carbonyl (C=O) groups excluding carboxylic acids is 2. The SMILES string of the molecule is CC(=O)Nc1ccc(NC(=O)CN2CCN(c3nccn3C)CC2)cc1. The molecule has 26 heavy (non-hydrogen) atoms. The van der Waals surface area contributed by atoms with Crippen molar-refractivity contribution in [1.29, 1.82) is 0 Å². The van der Waals surface area contributed by atoms with Crippen LogP contribution in [0.1, 0.15) is 6.92 Å². The highest BCUT2D eigenvalue weighted by Gasteiger charge is 2.21. The van der Waals surface area contributed by atoms with Gasteiger partial charge in [0.2, 0.25) is 17.8 Å². The van der Waals surface area contributed by atoms with Gasteiger partial charge in [-0.3, -0.25) is 14.5 Å². The highest BCUT2D eigenvalue weighted by atomic mass is 16.2. The molecule has 0 aliphatic carbocycles. The minimum atomic E-state index is -0.119. The van der Waals surface area contributed by atoms with Crippen LogP contribution in [0, 0.1) is 0 Å².